The van der Waals surface area contributed by atoms with Crippen LogP contribution in [0.5, 0.6) is 11.5 Å². The number of nitrogens with zero attached hydrogens (tertiary/aromatic N) is 2. The van der Waals surface area contributed by atoms with Gasteiger partial charge in [-0.15, -0.1) is 0 Å². The van der Waals surface area contributed by atoms with Gasteiger partial charge >= 0.3 is 0 Å². The zero-order chi connectivity index (χ0) is 22.1. The lowest BCUT2D eigenvalue weighted by Crippen LogP contribution is -2.48. The highest BCUT2D eigenvalue weighted by Crippen LogP contribution is 2.33. The molecule has 3 heterocycles. The Morgan fingerprint density at radius 3 is 2.50 bits per heavy atom. The molecule has 2 aliphatic heterocycles. The second-order valence-corrected chi connectivity index (χ2v) is 7.85. The summed E-state index contributed by atoms with van der Waals surface area (Å²) in [5.41, 5.74) is 1.91. The van der Waals surface area contributed by atoms with Crippen molar-refractivity contribution in [3.8, 4) is 11.5 Å². The lowest BCUT2D eigenvalue weighted by atomic mass is 10.1. The fourth-order valence-corrected chi connectivity index (χ4v) is 4.09. The molecule has 1 N–H and O–H groups in total. The summed E-state index contributed by atoms with van der Waals surface area (Å²) >= 11 is 6.52. The summed E-state index contributed by atoms with van der Waals surface area (Å²) in [5, 5.41) is 3.38. The van der Waals surface area contributed by atoms with Gasteiger partial charge < -0.3 is 29.0 Å². The van der Waals surface area contributed by atoms with Crippen molar-refractivity contribution in [2.75, 3.05) is 43.2 Å². The molecule has 2 aliphatic rings. The Balaban J connectivity index is 1.22. The summed E-state index contributed by atoms with van der Waals surface area (Å²) in [6.45, 7) is 2.59. The minimum Gasteiger partial charge on any atom is -0.459 e. The molecule has 0 bridgehead atoms. The van der Waals surface area contributed by atoms with Crippen molar-refractivity contribution >= 4 is 34.8 Å². The van der Waals surface area contributed by atoms with E-state index in [1.54, 1.807) is 41.3 Å². The first-order valence-corrected chi connectivity index (χ1v) is 10.5. The first-order valence-electron chi connectivity index (χ1n) is 10.2. The number of hydrogen-bond acceptors (Lipinski definition) is 6. The van der Waals surface area contributed by atoms with E-state index >= 15 is 0 Å². The molecule has 32 heavy (non-hydrogen) atoms. The van der Waals surface area contributed by atoms with Crippen LogP contribution in [0.1, 0.15) is 20.9 Å². The number of carbonyl (C=O) groups excluding carboxylic acids is 2. The standard InChI is InChI=1S/C23H20ClN3O5/c24-17-13-16(25-22(28)15-3-6-19-21(12-15)32-14-31-19)4-5-18(17)26-7-9-27(10-8-26)23(29)20-2-1-11-30-20/h1-6,11-13H,7-10,14H2,(H,25,28). The van der Waals surface area contributed by atoms with Crippen molar-refractivity contribution in [1.29, 1.82) is 0 Å². The molecule has 1 saturated heterocycles. The number of amides is 2. The number of benzene rings is 2. The molecule has 0 atom stereocenters. The largest absolute Gasteiger partial charge is 0.459 e. The molecule has 2 amide bonds. The van der Waals surface area contributed by atoms with Gasteiger partial charge in [0.05, 0.1) is 17.0 Å². The Hall–Kier alpha value is -3.65. The van der Waals surface area contributed by atoms with Gasteiger partial charge in [-0.25, -0.2) is 0 Å². The molecule has 0 aliphatic carbocycles. The highest BCUT2D eigenvalue weighted by molar-refractivity contribution is 6.33. The second kappa shape index (κ2) is 8.47. The summed E-state index contributed by atoms with van der Waals surface area (Å²) in [7, 11) is 0. The van der Waals surface area contributed by atoms with E-state index in [-0.39, 0.29) is 18.6 Å². The normalized spacial score (nSPS) is 15.0. The van der Waals surface area contributed by atoms with Gasteiger partial charge in [-0.2, -0.15) is 0 Å². The monoisotopic (exact) mass is 453 g/mol. The maximum absolute atomic E-state index is 12.6. The maximum Gasteiger partial charge on any atom is 0.289 e. The van der Waals surface area contributed by atoms with Gasteiger partial charge in [-0.3, -0.25) is 9.59 Å². The van der Waals surface area contributed by atoms with Crippen molar-refractivity contribution in [2.45, 2.75) is 0 Å². The Bertz CT molecular complexity index is 1160. The van der Waals surface area contributed by atoms with Crippen LogP contribution in [0, 0.1) is 0 Å². The van der Waals surface area contributed by atoms with E-state index in [1.807, 2.05) is 12.1 Å². The molecule has 0 saturated carbocycles. The summed E-state index contributed by atoms with van der Waals surface area (Å²) in [5.74, 6) is 1.15. The van der Waals surface area contributed by atoms with Crippen LogP contribution in [-0.2, 0) is 0 Å². The molecule has 5 rings (SSSR count). The van der Waals surface area contributed by atoms with Crippen LogP contribution in [0.3, 0.4) is 0 Å². The Labute approximate surface area is 189 Å². The molecule has 0 spiro atoms. The lowest BCUT2D eigenvalue weighted by molar-refractivity contribution is 0.0714. The molecular formula is C23H20ClN3O5. The topological polar surface area (TPSA) is 84.3 Å². The van der Waals surface area contributed by atoms with Crippen LogP contribution in [0.2, 0.25) is 5.02 Å². The van der Waals surface area contributed by atoms with Crippen LogP contribution >= 0.6 is 11.6 Å². The predicted molar refractivity (Wildman–Crippen MR) is 119 cm³/mol. The quantitative estimate of drug-likeness (QED) is 0.645. The first-order chi connectivity index (χ1) is 15.6. The van der Waals surface area contributed by atoms with Gasteiger partial charge in [0.15, 0.2) is 17.3 Å². The van der Waals surface area contributed by atoms with Crippen LogP contribution in [0.15, 0.2) is 59.2 Å². The number of ether oxygens (including phenoxy) is 2. The molecular weight excluding hydrogens is 434 g/mol. The number of piperazine rings is 1. The average molecular weight is 454 g/mol. The highest BCUT2D eigenvalue weighted by Gasteiger charge is 2.25. The van der Waals surface area contributed by atoms with Gasteiger partial charge in [0.25, 0.3) is 11.8 Å². The number of hydrogen-bond donors (Lipinski definition) is 1. The first kappa shape index (κ1) is 20.3. The van der Waals surface area contributed by atoms with Gasteiger partial charge in [0.2, 0.25) is 6.79 Å². The minimum atomic E-state index is -0.267. The van der Waals surface area contributed by atoms with Crippen LogP contribution in [-0.4, -0.2) is 49.7 Å². The summed E-state index contributed by atoms with van der Waals surface area (Å²) in [4.78, 5) is 28.9. The van der Waals surface area contributed by atoms with E-state index in [2.05, 4.69) is 10.2 Å². The number of anilines is 2. The maximum atomic E-state index is 12.6. The number of fused-ring (bicyclic) bond motifs is 1. The van der Waals surface area contributed by atoms with E-state index in [1.165, 1.54) is 6.26 Å². The van der Waals surface area contributed by atoms with E-state index in [4.69, 9.17) is 25.5 Å². The zero-order valence-electron chi connectivity index (χ0n) is 17.0. The van der Waals surface area contributed by atoms with Crippen LogP contribution in [0.25, 0.3) is 0 Å². The third-order valence-corrected chi connectivity index (χ3v) is 5.78. The number of carbonyl (C=O) groups is 2. The third-order valence-electron chi connectivity index (χ3n) is 5.48. The second-order valence-electron chi connectivity index (χ2n) is 7.44. The summed E-state index contributed by atoms with van der Waals surface area (Å²) < 4.78 is 15.8. The molecule has 8 nitrogen and oxygen atoms in total. The molecule has 0 unspecified atom stereocenters. The van der Waals surface area contributed by atoms with Crippen LogP contribution in [0.4, 0.5) is 11.4 Å². The zero-order valence-corrected chi connectivity index (χ0v) is 17.8. The van der Waals surface area contributed by atoms with Gasteiger partial charge in [0.1, 0.15) is 0 Å². The van der Waals surface area contributed by atoms with Gasteiger partial charge in [-0.05, 0) is 48.5 Å². The molecule has 164 valence electrons. The number of halogens is 1. The van der Waals surface area contributed by atoms with Crippen molar-refractivity contribution in [3.05, 3.63) is 71.1 Å². The fourth-order valence-electron chi connectivity index (χ4n) is 3.79. The summed E-state index contributed by atoms with van der Waals surface area (Å²) in [6, 6.07) is 13.8. The highest BCUT2D eigenvalue weighted by atomic mass is 35.5. The molecule has 2 aromatic carbocycles. The number of nitrogens with one attached hydrogen (secondary N) is 1. The van der Waals surface area contributed by atoms with Gasteiger partial charge in [-0.1, -0.05) is 11.6 Å². The van der Waals surface area contributed by atoms with E-state index in [9.17, 15) is 9.59 Å². The Kier molecular flexibility index (Phi) is 5.36. The molecule has 1 aromatic heterocycles. The average Bonchev–Trinajstić information content (AvgIpc) is 3.50. The van der Waals surface area contributed by atoms with Crippen molar-refractivity contribution < 1.29 is 23.5 Å². The molecule has 3 aromatic rings. The van der Waals surface area contributed by atoms with Crippen molar-refractivity contribution in [2.24, 2.45) is 0 Å². The minimum absolute atomic E-state index is 0.109. The summed E-state index contributed by atoms with van der Waals surface area (Å²) in [6.07, 6.45) is 1.50. The van der Waals surface area contributed by atoms with Crippen molar-refractivity contribution in [1.82, 2.24) is 4.90 Å². The van der Waals surface area contributed by atoms with E-state index < -0.39 is 0 Å². The molecule has 0 radical (unpaired) electrons. The van der Waals surface area contributed by atoms with Gasteiger partial charge in [0, 0.05) is 37.4 Å². The third kappa shape index (κ3) is 3.97. The number of furan rings is 1. The Morgan fingerprint density at radius 2 is 1.75 bits per heavy atom. The molecule has 1 fully saturated rings. The fraction of sp³-hybridized carbons (Fsp3) is 0.217. The smallest absolute Gasteiger partial charge is 0.289 e. The number of rotatable bonds is 4. The van der Waals surface area contributed by atoms with E-state index in [0.29, 0.717) is 59.7 Å². The van der Waals surface area contributed by atoms with Crippen molar-refractivity contribution in [3.63, 3.8) is 0 Å². The predicted octanol–water partition coefficient (Wildman–Crippen LogP) is 3.88. The lowest BCUT2D eigenvalue weighted by Gasteiger charge is -2.36. The SMILES string of the molecule is O=C(Nc1ccc(N2CCN(C(=O)c3ccco3)CC2)c(Cl)c1)c1ccc2c(c1)OCO2. The van der Waals surface area contributed by atoms with Crippen LogP contribution < -0.4 is 19.7 Å². The molecule has 9 heteroatoms. The van der Waals surface area contributed by atoms with E-state index in [0.717, 1.165) is 5.69 Å². The Morgan fingerprint density at radius 1 is 0.938 bits per heavy atom.